The fraction of sp³-hybridized carbons (Fsp3) is 0.538. The number of hydrogen-bond acceptors (Lipinski definition) is 1. The van der Waals surface area contributed by atoms with Gasteiger partial charge in [-0.3, -0.25) is 0 Å². The first-order valence-corrected chi connectivity index (χ1v) is 5.51. The van der Waals surface area contributed by atoms with Gasteiger partial charge in [-0.15, -0.1) is 0 Å². The average Bonchev–Trinajstić information content (AvgIpc) is 2.26. The molecule has 0 spiro atoms. The molecule has 0 saturated heterocycles. The van der Waals surface area contributed by atoms with Gasteiger partial charge in [0.2, 0.25) is 0 Å². The highest BCUT2D eigenvalue weighted by Crippen LogP contribution is 2.18. The van der Waals surface area contributed by atoms with Gasteiger partial charge in [-0.05, 0) is 43.5 Å². The van der Waals surface area contributed by atoms with Gasteiger partial charge in [0.15, 0.2) is 0 Å². The molecule has 0 aliphatic carbocycles. The molecular formula is C13H21N. The van der Waals surface area contributed by atoms with E-state index in [0.717, 1.165) is 12.8 Å². The third kappa shape index (κ3) is 2.36. The Hall–Kier alpha value is -0.820. The van der Waals surface area contributed by atoms with Crippen molar-refractivity contribution in [3.63, 3.8) is 0 Å². The highest BCUT2D eigenvalue weighted by molar-refractivity contribution is 5.33. The second-order valence-corrected chi connectivity index (χ2v) is 3.75. The molecule has 14 heavy (non-hydrogen) atoms. The molecule has 1 unspecified atom stereocenters. The lowest BCUT2D eigenvalue weighted by Gasteiger charge is -2.14. The monoisotopic (exact) mass is 191 g/mol. The Bertz CT molecular complexity index is 291. The Balaban J connectivity index is 3.01. The van der Waals surface area contributed by atoms with Crippen LogP contribution in [0.15, 0.2) is 18.2 Å². The van der Waals surface area contributed by atoms with Crippen molar-refractivity contribution in [1.29, 1.82) is 0 Å². The SMILES string of the molecule is CCc1ccc(C(C)NC)cc1CC. The van der Waals surface area contributed by atoms with Crippen LogP contribution in [-0.4, -0.2) is 7.05 Å². The predicted molar refractivity (Wildman–Crippen MR) is 62.7 cm³/mol. The molecule has 1 aromatic rings. The molecule has 1 heteroatoms. The zero-order chi connectivity index (χ0) is 10.6. The van der Waals surface area contributed by atoms with Gasteiger partial charge in [0.25, 0.3) is 0 Å². The van der Waals surface area contributed by atoms with Crippen LogP contribution in [0.2, 0.25) is 0 Å². The van der Waals surface area contributed by atoms with Crippen molar-refractivity contribution in [2.75, 3.05) is 7.05 Å². The lowest BCUT2D eigenvalue weighted by atomic mass is 9.97. The molecule has 1 atom stereocenters. The van der Waals surface area contributed by atoms with Crippen molar-refractivity contribution in [2.24, 2.45) is 0 Å². The van der Waals surface area contributed by atoms with E-state index in [1.54, 1.807) is 0 Å². The van der Waals surface area contributed by atoms with Gasteiger partial charge in [-0.2, -0.15) is 0 Å². The second kappa shape index (κ2) is 5.16. The molecule has 1 nitrogen and oxygen atoms in total. The number of aryl methyl sites for hydroxylation is 2. The standard InChI is InChI=1S/C13H21N/c1-5-11-7-8-13(10(3)14-4)9-12(11)6-2/h7-10,14H,5-6H2,1-4H3. The topological polar surface area (TPSA) is 12.0 Å². The number of hydrogen-bond donors (Lipinski definition) is 1. The van der Waals surface area contributed by atoms with E-state index < -0.39 is 0 Å². The van der Waals surface area contributed by atoms with Crippen molar-refractivity contribution >= 4 is 0 Å². The Kier molecular flexibility index (Phi) is 4.15. The molecule has 0 aliphatic rings. The predicted octanol–water partition coefficient (Wildman–Crippen LogP) is 3.09. The lowest BCUT2D eigenvalue weighted by Crippen LogP contribution is -2.12. The maximum Gasteiger partial charge on any atom is 0.0289 e. The van der Waals surface area contributed by atoms with Crippen LogP contribution in [0, 0.1) is 0 Å². The van der Waals surface area contributed by atoms with Crippen LogP contribution in [0.3, 0.4) is 0 Å². The van der Waals surface area contributed by atoms with E-state index in [9.17, 15) is 0 Å². The third-order valence-electron chi connectivity index (χ3n) is 2.93. The summed E-state index contributed by atoms with van der Waals surface area (Å²) in [6, 6.07) is 7.28. The van der Waals surface area contributed by atoms with E-state index in [-0.39, 0.29) is 0 Å². The molecule has 1 N–H and O–H groups in total. The molecule has 0 saturated carbocycles. The third-order valence-corrected chi connectivity index (χ3v) is 2.93. The molecule has 1 aromatic carbocycles. The molecule has 1 rings (SSSR count). The van der Waals surface area contributed by atoms with Crippen molar-refractivity contribution in [3.8, 4) is 0 Å². The largest absolute Gasteiger partial charge is 0.313 e. The van der Waals surface area contributed by atoms with Crippen LogP contribution in [0.25, 0.3) is 0 Å². The molecule has 0 bridgehead atoms. The van der Waals surface area contributed by atoms with Crippen LogP contribution in [0.4, 0.5) is 0 Å². The first-order valence-electron chi connectivity index (χ1n) is 5.51. The summed E-state index contributed by atoms with van der Waals surface area (Å²) < 4.78 is 0. The van der Waals surface area contributed by atoms with E-state index in [4.69, 9.17) is 0 Å². The lowest BCUT2D eigenvalue weighted by molar-refractivity contribution is 0.651. The van der Waals surface area contributed by atoms with Crippen LogP contribution < -0.4 is 5.32 Å². The summed E-state index contributed by atoms with van der Waals surface area (Å²) in [5, 5.41) is 3.27. The molecule has 0 aromatic heterocycles. The smallest absolute Gasteiger partial charge is 0.0289 e. The fourth-order valence-electron chi connectivity index (χ4n) is 1.76. The quantitative estimate of drug-likeness (QED) is 0.771. The van der Waals surface area contributed by atoms with Gasteiger partial charge in [0, 0.05) is 6.04 Å². The van der Waals surface area contributed by atoms with Crippen molar-refractivity contribution in [3.05, 3.63) is 34.9 Å². The van der Waals surface area contributed by atoms with Crippen LogP contribution in [0.1, 0.15) is 43.5 Å². The number of rotatable bonds is 4. The van der Waals surface area contributed by atoms with Crippen molar-refractivity contribution in [2.45, 2.75) is 39.7 Å². The molecule has 0 fully saturated rings. The minimum absolute atomic E-state index is 0.450. The van der Waals surface area contributed by atoms with E-state index in [2.05, 4.69) is 44.3 Å². The first-order chi connectivity index (χ1) is 6.72. The minimum atomic E-state index is 0.450. The molecule has 0 aliphatic heterocycles. The Morgan fingerprint density at radius 2 is 1.79 bits per heavy atom. The zero-order valence-electron chi connectivity index (χ0n) is 9.72. The summed E-state index contributed by atoms with van der Waals surface area (Å²) in [7, 11) is 2.00. The Morgan fingerprint density at radius 3 is 2.29 bits per heavy atom. The van der Waals surface area contributed by atoms with E-state index in [0.29, 0.717) is 6.04 Å². The molecular weight excluding hydrogens is 170 g/mol. The average molecular weight is 191 g/mol. The highest BCUT2D eigenvalue weighted by atomic mass is 14.8. The summed E-state index contributed by atoms with van der Waals surface area (Å²) >= 11 is 0. The maximum atomic E-state index is 3.27. The summed E-state index contributed by atoms with van der Waals surface area (Å²) in [5.74, 6) is 0. The first kappa shape index (κ1) is 11.3. The van der Waals surface area contributed by atoms with Crippen LogP contribution in [-0.2, 0) is 12.8 Å². The van der Waals surface area contributed by atoms with Gasteiger partial charge in [-0.1, -0.05) is 32.0 Å². The normalized spacial score (nSPS) is 12.9. The van der Waals surface area contributed by atoms with E-state index in [1.807, 2.05) is 7.05 Å². The minimum Gasteiger partial charge on any atom is -0.313 e. The number of nitrogens with one attached hydrogen (secondary N) is 1. The summed E-state index contributed by atoms with van der Waals surface area (Å²) in [4.78, 5) is 0. The maximum absolute atomic E-state index is 3.27. The zero-order valence-corrected chi connectivity index (χ0v) is 9.72. The number of benzene rings is 1. The van der Waals surface area contributed by atoms with Gasteiger partial charge in [0.05, 0.1) is 0 Å². The summed E-state index contributed by atoms with van der Waals surface area (Å²) in [6.45, 7) is 6.64. The van der Waals surface area contributed by atoms with Gasteiger partial charge >= 0.3 is 0 Å². The van der Waals surface area contributed by atoms with Crippen LogP contribution >= 0.6 is 0 Å². The summed E-state index contributed by atoms with van der Waals surface area (Å²) in [5.41, 5.74) is 4.37. The molecule has 0 radical (unpaired) electrons. The fourth-order valence-corrected chi connectivity index (χ4v) is 1.76. The second-order valence-electron chi connectivity index (χ2n) is 3.75. The van der Waals surface area contributed by atoms with E-state index >= 15 is 0 Å². The molecule has 78 valence electrons. The van der Waals surface area contributed by atoms with Crippen molar-refractivity contribution in [1.82, 2.24) is 5.32 Å². The van der Waals surface area contributed by atoms with Gasteiger partial charge in [0.1, 0.15) is 0 Å². The Labute approximate surface area is 87.5 Å². The summed E-state index contributed by atoms with van der Waals surface area (Å²) in [6.07, 6.45) is 2.27. The highest BCUT2D eigenvalue weighted by Gasteiger charge is 2.05. The van der Waals surface area contributed by atoms with Gasteiger partial charge in [-0.25, -0.2) is 0 Å². The van der Waals surface area contributed by atoms with Gasteiger partial charge < -0.3 is 5.32 Å². The molecule has 0 heterocycles. The molecule has 0 amide bonds. The van der Waals surface area contributed by atoms with Crippen LogP contribution in [0.5, 0.6) is 0 Å². The van der Waals surface area contributed by atoms with E-state index in [1.165, 1.54) is 16.7 Å². The van der Waals surface area contributed by atoms with Crippen molar-refractivity contribution < 1.29 is 0 Å². The Morgan fingerprint density at radius 1 is 1.14 bits per heavy atom.